The number of hydrogen-bond acceptors (Lipinski definition) is 1. The maximum Gasteiger partial charge on any atom is -0.00116 e. The third-order valence-corrected chi connectivity index (χ3v) is 3.54. The van der Waals surface area contributed by atoms with E-state index in [1.54, 1.807) is 0 Å². The van der Waals surface area contributed by atoms with Crippen LogP contribution >= 0.6 is 12.6 Å². The minimum Gasteiger partial charge on any atom is -0.176 e. The lowest BCUT2D eigenvalue weighted by Gasteiger charge is -2.04. The van der Waals surface area contributed by atoms with Gasteiger partial charge in [-0.15, -0.1) is 6.58 Å². The normalized spacial score (nSPS) is 12.6. The van der Waals surface area contributed by atoms with E-state index in [0.717, 1.165) is 0 Å². The molecule has 0 saturated heterocycles. The predicted octanol–water partition coefficient (Wildman–Crippen LogP) is 6.17. The molecule has 0 nitrogen and oxygen atoms in total. The highest BCUT2D eigenvalue weighted by Gasteiger charge is 1.95. The summed E-state index contributed by atoms with van der Waals surface area (Å²) >= 11 is 4.40. The van der Waals surface area contributed by atoms with E-state index in [4.69, 9.17) is 0 Å². The molecule has 0 radical (unpaired) electrons. The zero-order valence-electron chi connectivity index (χ0n) is 11.8. The van der Waals surface area contributed by atoms with Crippen molar-refractivity contribution in [3.8, 4) is 0 Å². The predicted molar refractivity (Wildman–Crippen MR) is 84.0 cm³/mol. The Morgan fingerprint density at radius 2 is 1.24 bits per heavy atom. The van der Waals surface area contributed by atoms with Gasteiger partial charge in [-0.2, -0.15) is 12.6 Å². The van der Waals surface area contributed by atoms with Crippen LogP contribution in [-0.2, 0) is 0 Å². The molecule has 0 aliphatic rings. The zero-order valence-corrected chi connectivity index (χ0v) is 12.7. The number of thiol groups is 1. The van der Waals surface area contributed by atoms with Crippen LogP contribution < -0.4 is 0 Å². The third kappa shape index (κ3) is 16.1. The van der Waals surface area contributed by atoms with E-state index in [9.17, 15) is 0 Å². The molecule has 0 amide bonds. The SMILES string of the molecule is C=CCCCCCCCCCCCCC(C)S. The van der Waals surface area contributed by atoms with Crippen molar-refractivity contribution in [2.75, 3.05) is 0 Å². The molecule has 0 aromatic rings. The fourth-order valence-electron chi connectivity index (χ4n) is 2.14. The minimum atomic E-state index is 0.588. The van der Waals surface area contributed by atoms with Gasteiger partial charge in [0, 0.05) is 0 Å². The molecule has 1 heteroatoms. The molecule has 0 N–H and O–H groups in total. The van der Waals surface area contributed by atoms with Gasteiger partial charge in [0.15, 0.2) is 0 Å². The first-order valence-corrected chi connectivity index (χ1v) is 8.08. The maximum absolute atomic E-state index is 4.40. The van der Waals surface area contributed by atoms with Crippen LogP contribution in [0, 0.1) is 0 Å². The van der Waals surface area contributed by atoms with Gasteiger partial charge < -0.3 is 0 Å². The summed E-state index contributed by atoms with van der Waals surface area (Å²) in [5, 5.41) is 0.588. The molecule has 0 aliphatic carbocycles. The Morgan fingerprint density at radius 1 is 0.824 bits per heavy atom. The summed E-state index contributed by atoms with van der Waals surface area (Å²) in [7, 11) is 0. The highest BCUT2D eigenvalue weighted by atomic mass is 32.1. The van der Waals surface area contributed by atoms with Gasteiger partial charge in [-0.1, -0.05) is 70.8 Å². The lowest BCUT2D eigenvalue weighted by atomic mass is 10.0. The van der Waals surface area contributed by atoms with Crippen LogP contribution in [0.1, 0.15) is 84.0 Å². The van der Waals surface area contributed by atoms with E-state index >= 15 is 0 Å². The van der Waals surface area contributed by atoms with Crippen molar-refractivity contribution in [1.82, 2.24) is 0 Å². The van der Waals surface area contributed by atoms with Gasteiger partial charge in [-0.3, -0.25) is 0 Å². The van der Waals surface area contributed by atoms with Crippen molar-refractivity contribution in [1.29, 1.82) is 0 Å². The molecule has 0 fully saturated rings. The van der Waals surface area contributed by atoms with Gasteiger partial charge in [0.2, 0.25) is 0 Å². The Bertz CT molecular complexity index is 152. The first-order valence-electron chi connectivity index (χ1n) is 7.56. The molecule has 1 unspecified atom stereocenters. The molecule has 0 aromatic carbocycles. The molecule has 0 spiro atoms. The van der Waals surface area contributed by atoms with Crippen molar-refractivity contribution in [2.24, 2.45) is 0 Å². The minimum absolute atomic E-state index is 0.588. The molecule has 0 saturated carbocycles. The van der Waals surface area contributed by atoms with Gasteiger partial charge in [-0.05, 0) is 24.5 Å². The van der Waals surface area contributed by atoms with Crippen LogP contribution in [0.4, 0.5) is 0 Å². The van der Waals surface area contributed by atoms with Crippen LogP contribution in [0.3, 0.4) is 0 Å². The molecule has 0 rings (SSSR count). The summed E-state index contributed by atoms with van der Waals surface area (Å²) in [6.45, 7) is 5.94. The van der Waals surface area contributed by atoms with Crippen LogP contribution in [0.25, 0.3) is 0 Å². The molecule has 17 heavy (non-hydrogen) atoms. The summed E-state index contributed by atoms with van der Waals surface area (Å²) < 4.78 is 0. The molecule has 102 valence electrons. The number of rotatable bonds is 13. The number of allylic oxidation sites excluding steroid dienone is 1. The number of hydrogen-bond donors (Lipinski definition) is 1. The lowest BCUT2D eigenvalue weighted by molar-refractivity contribution is 0.546. The Hall–Kier alpha value is 0.0900. The molecule has 0 aromatic heterocycles. The smallest absolute Gasteiger partial charge is 0.00116 e. The molecular formula is C16H32S. The van der Waals surface area contributed by atoms with E-state index in [-0.39, 0.29) is 0 Å². The number of unbranched alkanes of at least 4 members (excludes halogenated alkanes) is 10. The third-order valence-electron chi connectivity index (χ3n) is 3.28. The highest BCUT2D eigenvalue weighted by Crippen LogP contribution is 2.13. The monoisotopic (exact) mass is 256 g/mol. The summed E-state index contributed by atoms with van der Waals surface area (Å²) in [4.78, 5) is 0. The second-order valence-electron chi connectivity index (χ2n) is 5.25. The first-order chi connectivity index (χ1) is 8.27. The van der Waals surface area contributed by atoms with E-state index < -0.39 is 0 Å². The van der Waals surface area contributed by atoms with Crippen molar-refractivity contribution in [3.63, 3.8) is 0 Å². The standard InChI is InChI=1S/C16H32S/c1-3-4-5-6-7-8-9-10-11-12-13-14-15-16(2)17/h3,16-17H,1,4-15H2,2H3. The summed E-state index contributed by atoms with van der Waals surface area (Å²) in [6.07, 6.45) is 18.6. The average molecular weight is 256 g/mol. The van der Waals surface area contributed by atoms with Crippen LogP contribution in [0.5, 0.6) is 0 Å². The van der Waals surface area contributed by atoms with Crippen LogP contribution in [-0.4, -0.2) is 5.25 Å². The van der Waals surface area contributed by atoms with Crippen molar-refractivity contribution in [2.45, 2.75) is 89.2 Å². The molecule has 0 bridgehead atoms. The summed E-state index contributed by atoms with van der Waals surface area (Å²) in [5.41, 5.74) is 0. The summed E-state index contributed by atoms with van der Waals surface area (Å²) in [6, 6.07) is 0. The average Bonchev–Trinajstić information content (AvgIpc) is 2.30. The van der Waals surface area contributed by atoms with Gasteiger partial charge in [0.25, 0.3) is 0 Å². The Balaban J connectivity index is 2.91. The van der Waals surface area contributed by atoms with E-state index in [1.165, 1.54) is 77.0 Å². The van der Waals surface area contributed by atoms with E-state index in [0.29, 0.717) is 5.25 Å². The largest absolute Gasteiger partial charge is 0.176 e. The highest BCUT2D eigenvalue weighted by molar-refractivity contribution is 7.80. The Labute approximate surface area is 115 Å². The fraction of sp³-hybridized carbons (Fsp3) is 0.875. The topological polar surface area (TPSA) is 0 Å². The second kappa shape index (κ2) is 14.2. The maximum atomic E-state index is 4.40. The lowest BCUT2D eigenvalue weighted by Crippen LogP contribution is -1.90. The second-order valence-corrected chi connectivity index (χ2v) is 6.13. The Morgan fingerprint density at radius 3 is 1.65 bits per heavy atom. The van der Waals surface area contributed by atoms with Gasteiger partial charge in [0.1, 0.15) is 0 Å². The van der Waals surface area contributed by atoms with Crippen LogP contribution in [0.2, 0.25) is 0 Å². The van der Waals surface area contributed by atoms with E-state index in [2.05, 4.69) is 26.1 Å². The van der Waals surface area contributed by atoms with E-state index in [1.807, 2.05) is 6.08 Å². The molecule has 0 heterocycles. The van der Waals surface area contributed by atoms with Gasteiger partial charge >= 0.3 is 0 Å². The van der Waals surface area contributed by atoms with Gasteiger partial charge in [0.05, 0.1) is 0 Å². The summed E-state index contributed by atoms with van der Waals surface area (Å²) in [5.74, 6) is 0. The molecule has 1 atom stereocenters. The molecule has 0 aliphatic heterocycles. The van der Waals surface area contributed by atoms with Crippen molar-refractivity contribution in [3.05, 3.63) is 12.7 Å². The quantitative estimate of drug-likeness (QED) is 0.227. The zero-order chi connectivity index (χ0) is 12.8. The Kier molecular flexibility index (Phi) is 14.2. The van der Waals surface area contributed by atoms with Crippen LogP contribution in [0.15, 0.2) is 12.7 Å². The fourth-order valence-corrected chi connectivity index (χ4v) is 2.33. The van der Waals surface area contributed by atoms with Crippen molar-refractivity contribution >= 4 is 12.6 Å². The molecular weight excluding hydrogens is 224 g/mol. The van der Waals surface area contributed by atoms with Gasteiger partial charge in [-0.25, -0.2) is 0 Å². The van der Waals surface area contributed by atoms with Crippen molar-refractivity contribution < 1.29 is 0 Å². The first kappa shape index (κ1) is 17.1.